The zero-order valence-electron chi connectivity index (χ0n) is 4.52. The van der Waals surface area contributed by atoms with Crippen LogP contribution in [-0.4, -0.2) is 19.1 Å². The van der Waals surface area contributed by atoms with Gasteiger partial charge in [0.25, 0.3) is 0 Å². The average molecular weight is 114 g/mol. The molecule has 1 saturated heterocycles. The lowest BCUT2D eigenvalue weighted by molar-refractivity contribution is -0.147. The highest BCUT2D eigenvalue weighted by atomic mass is 16.4. The normalized spacial score (nSPS) is 28.2. The second kappa shape index (κ2) is 2.13. The molecule has 0 spiro atoms. The molecule has 0 aliphatic carbocycles. The van der Waals surface area contributed by atoms with Gasteiger partial charge in [-0.05, 0) is 13.0 Å². The van der Waals surface area contributed by atoms with Gasteiger partial charge in [0.05, 0.1) is 5.92 Å². The minimum atomic E-state index is -0.921. The first-order chi connectivity index (χ1) is 3.80. The molecule has 0 aromatic carbocycles. The van der Waals surface area contributed by atoms with E-state index in [0.29, 0.717) is 6.54 Å². The first-order valence-corrected chi connectivity index (χ1v) is 2.72. The largest absolute Gasteiger partial charge is 0.359 e. The molecule has 45 valence electrons. The van der Waals surface area contributed by atoms with Crippen molar-refractivity contribution < 1.29 is 9.90 Å². The Morgan fingerprint density at radius 2 is 2.38 bits per heavy atom. The van der Waals surface area contributed by atoms with Crippen LogP contribution < -0.4 is 5.32 Å². The van der Waals surface area contributed by atoms with Crippen molar-refractivity contribution in [1.82, 2.24) is 5.32 Å². The van der Waals surface area contributed by atoms with E-state index in [-0.39, 0.29) is 5.92 Å². The van der Waals surface area contributed by atoms with Crippen LogP contribution in [0.3, 0.4) is 0 Å². The van der Waals surface area contributed by atoms with Crippen molar-refractivity contribution in [3.63, 3.8) is 0 Å². The van der Waals surface area contributed by atoms with Crippen molar-refractivity contribution in [2.75, 3.05) is 13.1 Å². The Kier molecular flexibility index (Phi) is 1.48. The van der Waals surface area contributed by atoms with E-state index in [1.807, 2.05) is 0 Å². The smallest absolute Gasteiger partial charge is 0.316 e. The van der Waals surface area contributed by atoms with Gasteiger partial charge in [-0.3, -0.25) is 0 Å². The zero-order chi connectivity index (χ0) is 5.98. The third-order valence-electron chi connectivity index (χ3n) is 1.39. The topological polar surface area (TPSA) is 49.0 Å². The molecule has 3 heteroatoms. The van der Waals surface area contributed by atoms with Gasteiger partial charge in [0.15, 0.2) is 0 Å². The summed E-state index contributed by atoms with van der Waals surface area (Å²) in [5.41, 5.74) is 0. The Bertz CT molecular complexity index is 96.6. The maximum atomic E-state index is 10.1. The Hall–Kier alpha value is -0.570. The van der Waals surface area contributed by atoms with Crippen LogP contribution in [0.5, 0.6) is 0 Å². The average Bonchev–Trinajstić information content (AvgIpc) is 2.12. The molecular weight excluding hydrogens is 106 g/mol. The van der Waals surface area contributed by atoms with E-state index in [2.05, 4.69) is 5.32 Å². The van der Waals surface area contributed by atoms with E-state index in [1.54, 1.807) is 0 Å². The fourth-order valence-corrected chi connectivity index (χ4v) is 0.856. The standard InChI is InChI=1S/C5H8NO2/c7-5(8)4-1-2-6-3-4/h4,6H,1-3H2. The molecule has 1 fully saturated rings. The van der Waals surface area contributed by atoms with E-state index < -0.39 is 5.97 Å². The summed E-state index contributed by atoms with van der Waals surface area (Å²) in [5.74, 6) is -1.16. The first kappa shape index (κ1) is 5.56. The van der Waals surface area contributed by atoms with Gasteiger partial charge >= 0.3 is 5.97 Å². The van der Waals surface area contributed by atoms with Gasteiger partial charge in [0, 0.05) is 6.54 Å². The molecule has 1 aliphatic rings. The molecular formula is C5H8NO2. The molecule has 3 nitrogen and oxygen atoms in total. The lowest BCUT2D eigenvalue weighted by Gasteiger charge is -1.93. The number of carbonyl (C=O) groups excluding carboxylic acids is 1. The molecule has 1 rings (SSSR count). The van der Waals surface area contributed by atoms with Crippen molar-refractivity contribution in [3.05, 3.63) is 0 Å². The number of hydrogen-bond donors (Lipinski definition) is 1. The van der Waals surface area contributed by atoms with Crippen molar-refractivity contribution in [2.24, 2.45) is 5.92 Å². The van der Waals surface area contributed by atoms with Crippen LogP contribution in [-0.2, 0) is 9.90 Å². The Morgan fingerprint density at radius 1 is 1.62 bits per heavy atom. The Labute approximate surface area is 47.7 Å². The maximum Gasteiger partial charge on any atom is 0.359 e. The van der Waals surface area contributed by atoms with Gasteiger partial charge in [-0.1, -0.05) is 0 Å². The van der Waals surface area contributed by atoms with E-state index >= 15 is 0 Å². The monoisotopic (exact) mass is 114 g/mol. The van der Waals surface area contributed by atoms with Gasteiger partial charge < -0.3 is 5.32 Å². The van der Waals surface area contributed by atoms with Crippen LogP contribution in [0.15, 0.2) is 0 Å². The summed E-state index contributed by atoms with van der Waals surface area (Å²) in [4.78, 5) is 10.1. The minimum absolute atomic E-state index is 0.241. The molecule has 0 saturated carbocycles. The van der Waals surface area contributed by atoms with Gasteiger partial charge in [-0.15, -0.1) is 0 Å². The number of carbonyl (C=O) groups is 1. The van der Waals surface area contributed by atoms with E-state index in [9.17, 15) is 9.90 Å². The molecule has 1 atom stereocenters. The highest BCUT2D eigenvalue weighted by Gasteiger charge is 2.22. The third kappa shape index (κ3) is 0.980. The van der Waals surface area contributed by atoms with Gasteiger partial charge in [0.2, 0.25) is 0 Å². The molecule has 0 aromatic heterocycles. The molecule has 0 bridgehead atoms. The molecule has 0 amide bonds. The summed E-state index contributed by atoms with van der Waals surface area (Å²) in [6, 6.07) is 0. The van der Waals surface area contributed by atoms with Crippen molar-refractivity contribution in [1.29, 1.82) is 0 Å². The number of rotatable bonds is 1. The van der Waals surface area contributed by atoms with E-state index in [1.165, 1.54) is 0 Å². The van der Waals surface area contributed by atoms with Crippen molar-refractivity contribution >= 4 is 5.97 Å². The molecule has 1 N–H and O–H groups in total. The zero-order valence-corrected chi connectivity index (χ0v) is 4.52. The van der Waals surface area contributed by atoms with Crippen LogP contribution >= 0.6 is 0 Å². The van der Waals surface area contributed by atoms with E-state index in [0.717, 1.165) is 13.0 Å². The van der Waals surface area contributed by atoms with Crippen LogP contribution in [0.4, 0.5) is 0 Å². The highest BCUT2D eigenvalue weighted by Crippen LogP contribution is 2.06. The second-order valence-corrected chi connectivity index (χ2v) is 2.01. The summed E-state index contributed by atoms with van der Waals surface area (Å²) < 4.78 is 0. The molecule has 1 unspecified atom stereocenters. The van der Waals surface area contributed by atoms with Crippen molar-refractivity contribution in [2.45, 2.75) is 6.42 Å². The number of hydrogen-bond acceptors (Lipinski definition) is 2. The van der Waals surface area contributed by atoms with Gasteiger partial charge in [-0.25, -0.2) is 9.90 Å². The Balaban J connectivity index is 2.35. The SMILES string of the molecule is [O]C(=O)C1CCNC1. The highest BCUT2D eigenvalue weighted by molar-refractivity contribution is 5.70. The lowest BCUT2D eigenvalue weighted by atomic mass is 10.1. The van der Waals surface area contributed by atoms with Crippen molar-refractivity contribution in [3.8, 4) is 0 Å². The third-order valence-corrected chi connectivity index (χ3v) is 1.39. The maximum absolute atomic E-state index is 10.1. The Morgan fingerprint density at radius 3 is 2.62 bits per heavy atom. The molecule has 1 radical (unpaired) electrons. The summed E-state index contributed by atoms with van der Waals surface area (Å²) in [6.07, 6.45) is 0.725. The van der Waals surface area contributed by atoms with Crippen LogP contribution in [0.1, 0.15) is 6.42 Å². The molecule has 1 heterocycles. The summed E-state index contributed by atoms with van der Waals surface area (Å²) >= 11 is 0. The predicted octanol–water partition coefficient (Wildman–Crippen LogP) is -0.447. The van der Waals surface area contributed by atoms with Crippen LogP contribution in [0, 0.1) is 5.92 Å². The fourth-order valence-electron chi connectivity index (χ4n) is 0.856. The van der Waals surface area contributed by atoms with Gasteiger partial charge in [0.1, 0.15) is 0 Å². The summed E-state index contributed by atoms with van der Waals surface area (Å²) in [6.45, 7) is 1.40. The second-order valence-electron chi connectivity index (χ2n) is 2.01. The van der Waals surface area contributed by atoms with Gasteiger partial charge in [-0.2, -0.15) is 0 Å². The lowest BCUT2D eigenvalue weighted by Crippen LogP contribution is -2.15. The molecule has 8 heavy (non-hydrogen) atoms. The molecule has 1 aliphatic heterocycles. The molecule has 0 aromatic rings. The quantitative estimate of drug-likeness (QED) is 0.502. The fraction of sp³-hybridized carbons (Fsp3) is 0.800. The predicted molar refractivity (Wildman–Crippen MR) is 26.7 cm³/mol. The number of nitrogens with one attached hydrogen (secondary N) is 1. The summed E-state index contributed by atoms with van der Waals surface area (Å²) in [5, 5.41) is 13.0. The minimum Gasteiger partial charge on any atom is -0.316 e. The van der Waals surface area contributed by atoms with E-state index in [4.69, 9.17) is 0 Å². The van der Waals surface area contributed by atoms with Crippen LogP contribution in [0.2, 0.25) is 0 Å². The van der Waals surface area contributed by atoms with Crippen LogP contribution in [0.25, 0.3) is 0 Å². The summed E-state index contributed by atoms with van der Waals surface area (Å²) in [7, 11) is 0. The first-order valence-electron chi connectivity index (χ1n) is 2.72.